The fourth-order valence-electron chi connectivity index (χ4n) is 4.95. The zero-order chi connectivity index (χ0) is 29.4. The van der Waals surface area contributed by atoms with Gasteiger partial charge in [0, 0.05) is 12.8 Å². The molecule has 3 heteroatoms. The zero-order valence-electron chi connectivity index (χ0n) is 26.2. The lowest BCUT2D eigenvalue weighted by atomic mass is 10.2. The predicted octanol–water partition coefficient (Wildman–Crippen LogP) is 10.2. The van der Waals surface area contributed by atoms with Crippen LogP contribution in [-0.2, 0) is 0 Å². The lowest BCUT2D eigenvalue weighted by molar-refractivity contribution is 0.762. The van der Waals surface area contributed by atoms with Gasteiger partial charge in [-0.15, -0.1) is 11.1 Å². The lowest BCUT2D eigenvalue weighted by Crippen LogP contribution is -2.43. The minimum Gasteiger partial charge on any atom is -0.198 e. The first-order chi connectivity index (χ1) is 18.6. The van der Waals surface area contributed by atoms with Crippen LogP contribution in [0.5, 0.6) is 0 Å². The Labute approximate surface area is 245 Å². The van der Waals surface area contributed by atoms with Gasteiger partial charge < -0.3 is 0 Å². The Morgan fingerprint density at radius 1 is 0.615 bits per heavy atom. The van der Waals surface area contributed by atoms with Crippen LogP contribution >= 0.6 is 0 Å². The molecule has 210 valence electrons. The Bertz CT molecular complexity index is 1040. The number of hydrogen-bond acceptors (Lipinski definition) is 1. The summed E-state index contributed by atoms with van der Waals surface area (Å²) in [7, 11) is -3.09. The highest BCUT2D eigenvalue weighted by molar-refractivity contribution is 6.90. The van der Waals surface area contributed by atoms with Gasteiger partial charge in [0.2, 0.25) is 0 Å². The van der Waals surface area contributed by atoms with Gasteiger partial charge in [-0.1, -0.05) is 96.5 Å². The third-order valence-corrected chi connectivity index (χ3v) is 15.9. The van der Waals surface area contributed by atoms with Gasteiger partial charge in [0.15, 0.2) is 0 Å². The van der Waals surface area contributed by atoms with E-state index in [4.69, 9.17) is 5.26 Å². The normalized spacial score (nSPS) is 11.6. The molecule has 0 aliphatic carbocycles. The summed E-state index contributed by atoms with van der Waals surface area (Å²) in [5.74, 6) is 18.7. The maximum absolute atomic E-state index is 8.66. The monoisotopic (exact) mass is 555 g/mol. The molecule has 0 saturated carbocycles. The first kappa shape index (κ1) is 36.4. The summed E-state index contributed by atoms with van der Waals surface area (Å²) in [5.41, 5.74) is 9.20. The molecule has 0 fully saturated rings. The lowest BCUT2D eigenvalue weighted by Gasteiger charge is -2.37. The maximum atomic E-state index is 8.66. The molecule has 0 spiro atoms. The van der Waals surface area contributed by atoms with E-state index in [-0.39, 0.29) is 0 Å². The molecule has 0 amide bonds. The maximum Gasteiger partial charge on any atom is 0.146 e. The largest absolute Gasteiger partial charge is 0.198 e. The molecular formula is C36H53NSi2. The molecule has 0 aromatic carbocycles. The van der Waals surface area contributed by atoms with Crippen LogP contribution in [0.15, 0.2) is 36.5 Å². The minimum atomic E-state index is -1.62. The molecule has 0 aromatic rings. The number of nitriles is 1. The van der Waals surface area contributed by atoms with Gasteiger partial charge in [0.25, 0.3) is 0 Å². The summed E-state index contributed by atoms with van der Waals surface area (Å²) in [4.78, 5) is 0. The highest BCUT2D eigenvalue weighted by Gasteiger charge is 2.41. The molecule has 0 aliphatic rings. The Kier molecular flexibility index (Phi) is 20.7. The van der Waals surface area contributed by atoms with Crippen LogP contribution in [0, 0.1) is 57.9 Å². The van der Waals surface area contributed by atoms with E-state index in [1.54, 1.807) is 0 Å². The smallest absolute Gasteiger partial charge is 0.146 e. The van der Waals surface area contributed by atoms with E-state index in [1.165, 1.54) is 0 Å². The van der Waals surface area contributed by atoms with Gasteiger partial charge in [-0.3, -0.25) is 0 Å². The van der Waals surface area contributed by atoms with Crippen molar-refractivity contribution in [3.05, 3.63) is 36.5 Å². The van der Waals surface area contributed by atoms with Crippen LogP contribution < -0.4 is 0 Å². The molecule has 1 nitrogen and oxygen atoms in total. The molecule has 0 saturated heterocycles. The molecular weight excluding hydrogens is 503 g/mol. The van der Waals surface area contributed by atoms with Crippen LogP contribution in [0.1, 0.15) is 99.3 Å². The molecule has 0 heterocycles. The fourth-order valence-corrected chi connectivity index (χ4v) is 11.8. The summed E-state index contributed by atoms with van der Waals surface area (Å²) in [5, 5.41) is 8.66. The van der Waals surface area contributed by atoms with Crippen molar-refractivity contribution in [2.24, 2.45) is 0 Å². The van der Waals surface area contributed by atoms with E-state index in [0.29, 0.717) is 23.0 Å². The summed E-state index contributed by atoms with van der Waals surface area (Å²) < 4.78 is 0. The molecule has 0 N–H and O–H groups in total. The molecule has 0 aliphatic heterocycles. The highest BCUT2D eigenvalue weighted by Crippen LogP contribution is 2.40. The van der Waals surface area contributed by atoms with Gasteiger partial charge in [0.1, 0.15) is 16.1 Å². The van der Waals surface area contributed by atoms with E-state index in [2.05, 4.69) is 132 Å². The molecule has 0 unspecified atom stereocenters. The standard InChI is InChI=1S/C36H53NSi2/c1-34(2)39(35(3)4,36(5)6)33-28-25-23-21-19-17-15-13-11-9-10-12-14-16-18-20-22-24-27-31-38(7,8)32-29-26-30-37/h10,12,22-25,34-36H,14,16-21,26,29,32H2,1-8H3/b12-10-,24-22-,25-23-. The number of rotatable bonds is 14. The highest BCUT2D eigenvalue weighted by atomic mass is 28.3. The first-order valence-corrected chi connectivity index (χ1v) is 20.4. The second kappa shape index (κ2) is 22.2. The van der Waals surface area contributed by atoms with Crippen molar-refractivity contribution >= 4 is 16.1 Å². The molecule has 0 atom stereocenters. The second-order valence-corrected chi connectivity index (χ2v) is 21.9. The number of nitrogens with zero attached hydrogens (tertiary/aromatic N) is 1. The van der Waals surface area contributed by atoms with Gasteiger partial charge in [-0.25, -0.2) is 0 Å². The van der Waals surface area contributed by atoms with Gasteiger partial charge in [-0.05, 0) is 97.7 Å². The average Bonchev–Trinajstić information content (AvgIpc) is 2.86. The minimum absolute atomic E-state index is 0.647. The van der Waals surface area contributed by atoms with Crippen LogP contribution in [0.25, 0.3) is 0 Å². The number of unbranched alkanes of at least 4 members (excludes halogenated alkanes) is 6. The predicted molar refractivity (Wildman–Crippen MR) is 179 cm³/mol. The Morgan fingerprint density at radius 3 is 1.67 bits per heavy atom. The van der Waals surface area contributed by atoms with E-state index in [9.17, 15) is 0 Å². The quantitative estimate of drug-likeness (QED) is 0.119. The summed E-state index contributed by atoms with van der Waals surface area (Å²) in [6, 6.07) is 3.32. The number of hydrogen-bond donors (Lipinski definition) is 0. The molecule has 0 rings (SSSR count). The average molecular weight is 556 g/mol. The van der Waals surface area contributed by atoms with Gasteiger partial charge in [0.05, 0.1) is 6.07 Å². The topological polar surface area (TPSA) is 23.8 Å². The van der Waals surface area contributed by atoms with Crippen molar-refractivity contribution in [2.45, 2.75) is 135 Å². The number of allylic oxidation sites excluding steroid dienone is 6. The van der Waals surface area contributed by atoms with E-state index < -0.39 is 16.1 Å². The van der Waals surface area contributed by atoms with Gasteiger partial charge >= 0.3 is 0 Å². The summed E-state index contributed by atoms with van der Waals surface area (Å²) in [6.07, 6.45) is 21.5. The van der Waals surface area contributed by atoms with Crippen molar-refractivity contribution in [1.29, 1.82) is 5.26 Å². The van der Waals surface area contributed by atoms with Crippen LogP contribution in [0.4, 0.5) is 0 Å². The van der Waals surface area contributed by atoms with Crippen molar-refractivity contribution in [2.75, 3.05) is 0 Å². The molecule has 39 heavy (non-hydrogen) atoms. The summed E-state index contributed by atoms with van der Waals surface area (Å²) >= 11 is 0. The van der Waals surface area contributed by atoms with E-state index in [0.717, 1.165) is 57.4 Å². The Balaban J connectivity index is 4.12. The summed E-state index contributed by atoms with van der Waals surface area (Å²) in [6.45, 7) is 18.7. The third kappa shape index (κ3) is 17.6. The second-order valence-electron chi connectivity index (χ2n) is 11.8. The molecule has 0 radical (unpaired) electrons. The van der Waals surface area contributed by atoms with Crippen LogP contribution in [0.2, 0.25) is 35.8 Å². The third-order valence-electron chi connectivity index (χ3n) is 7.15. The van der Waals surface area contributed by atoms with Gasteiger partial charge in [-0.2, -0.15) is 5.26 Å². The molecule has 0 aromatic heterocycles. The van der Waals surface area contributed by atoms with Crippen LogP contribution in [-0.4, -0.2) is 16.1 Å². The Hall–Kier alpha value is -2.62. The SMILES string of the molecule is CC(C)[Si](C#C/C=C\CCCC#CC#C/C=C\CCCC/C=C\C#C[Si](C)(C)CCCC#N)(C(C)C)C(C)C. The van der Waals surface area contributed by atoms with Crippen molar-refractivity contribution in [1.82, 2.24) is 0 Å². The van der Waals surface area contributed by atoms with E-state index >= 15 is 0 Å². The van der Waals surface area contributed by atoms with Crippen molar-refractivity contribution < 1.29 is 0 Å². The zero-order valence-corrected chi connectivity index (χ0v) is 28.2. The van der Waals surface area contributed by atoms with Crippen molar-refractivity contribution in [3.8, 4) is 52.7 Å². The Morgan fingerprint density at radius 2 is 1.13 bits per heavy atom. The van der Waals surface area contributed by atoms with Crippen molar-refractivity contribution in [3.63, 3.8) is 0 Å². The van der Waals surface area contributed by atoms with Crippen LogP contribution in [0.3, 0.4) is 0 Å². The fraction of sp³-hybridized carbons (Fsp3) is 0.583. The molecule has 0 bridgehead atoms. The first-order valence-electron chi connectivity index (χ1n) is 15.0. The van der Waals surface area contributed by atoms with E-state index in [1.807, 2.05) is 12.2 Å².